The predicted octanol–water partition coefficient (Wildman–Crippen LogP) is 5.03. The molecule has 0 aliphatic heterocycles. The van der Waals surface area contributed by atoms with E-state index in [1.165, 1.54) is 0 Å². The van der Waals surface area contributed by atoms with Crippen molar-refractivity contribution in [3.63, 3.8) is 0 Å². The van der Waals surface area contributed by atoms with Crippen molar-refractivity contribution in [2.24, 2.45) is 0 Å². The Bertz CT molecular complexity index is 2010. The van der Waals surface area contributed by atoms with E-state index in [9.17, 15) is 18.0 Å². The van der Waals surface area contributed by atoms with Crippen molar-refractivity contribution in [2.45, 2.75) is 25.6 Å². The molecule has 0 saturated carbocycles. The molecular formula is C31H28ClN5O4S. The fourth-order valence-corrected chi connectivity index (χ4v) is 5.96. The molecule has 9 nitrogen and oxygen atoms in total. The molecule has 3 N–H and O–H groups in total. The van der Waals surface area contributed by atoms with Gasteiger partial charge in [0.15, 0.2) is 9.84 Å². The Hall–Kier alpha value is -4.54. The monoisotopic (exact) mass is 601 g/mol. The standard InChI is InChI=1S/C31H28ClN5O4S/c1-18(25-16-21-10-8-14-24(32)26(21)31(39)37(25)23-12-5-4-6-13-23)35-30(38)27-19(2)34-29(33)28(36-27)22-11-7-9-20(15-22)17-42(3,40)41/h4-16,18H,17H2,1-3H3,(H2,33,34)(H,35,38)/t18-/m0/s1. The van der Waals surface area contributed by atoms with E-state index in [1.807, 2.05) is 36.4 Å². The van der Waals surface area contributed by atoms with Crippen molar-refractivity contribution in [2.75, 3.05) is 12.0 Å². The molecule has 0 radical (unpaired) electrons. The van der Waals surface area contributed by atoms with Crippen molar-refractivity contribution >= 4 is 43.9 Å². The van der Waals surface area contributed by atoms with E-state index >= 15 is 0 Å². The third-order valence-corrected chi connectivity index (χ3v) is 7.94. The first-order valence-corrected chi connectivity index (χ1v) is 15.5. The second-order valence-electron chi connectivity index (χ2n) is 10.1. The van der Waals surface area contributed by atoms with Gasteiger partial charge in [0.25, 0.3) is 11.5 Å². The van der Waals surface area contributed by atoms with E-state index in [1.54, 1.807) is 60.9 Å². The molecule has 2 heterocycles. The number of rotatable bonds is 7. The summed E-state index contributed by atoms with van der Waals surface area (Å²) in [5.74, 6) is -0.553. The lowest BCUT2D eigenvalue weighted by Gasteiger charge is -2.21. The highest BCUT2D eigenvalue weighted by atomic mass is 35.5. The molecular weight excluding hydrogens is 574 g/mol. The second kappa shape index (κ2) is 11.4. The van der Waals surface area contributed by atoms with Gasteiger partial charge in [-0.05, 0) is 55.1 Å². The lowest BCUT2D eigenvalue weighted by molar-refractivity contribution is 0.0932. The molecule has 5 aromatic rings. The van der Waals surface area contributed by atoms with Crippen LogP contribution in [0, 0.1) is 6.92 Å². The highest BCUT2D eigenvalue weighted by Crippen LogP contribution is 2.27. The van der Waals surface area contributed by atoms with Crippen molar-refractivity contribution < 1.29 is 13.2 Å². The molecule has 0 aliphatic rings. The van der Waals surface area contributed by atoms with Crippen molar-refractivity contribution in [1.29, 1.82) is 0 Å². The van der Waals surface area contributed by atoms with Gasteiger partial charge in [0.1, 0.15) is 17.2 Å². The summed E-state index contributed by atoms with van der Waals surface area (Å²) in [6, 6.07) is 22.3. The summed E-state index contributed by atoms with van der Waals surface area (Å²) >= 11 is 6.42. The van der Waals surface area contributed by atoms with Crippen LogP contribution in [0.5, 0.6) is 0 Å². The van der Waals surface area contributed by atoms with Gasteiger partial charge in [-0.15, -0.1) is 0 Å². The largest absolute Gasteiger partial charge is 0.382 e. The Kier molecular flexibility index (Phi) is 7.85. The van der Waals surface area contributed by atoms with Gasteiger partial charge in [-0.2, -0.15) is 0 Å². The van der Waals surface area contributed by atoms with Crippen LogP contribution in [0.15, 0.2) is 83.7 Å². The molecule has 0 aliphatic carbocycles. The number of hydrogen-bond acceptors (Lipinski definition) is 7. The molecule has 0 spiro atoms. The number of amides is 1. The molecule has 42 heavy (non-hydrogen) atoms. The van der Waals surface area contributed by atoms with E-state index in [4.69, 9.17) is 17.3 Å². The number of halogens is 1. The number of nitrogens with two attached hydrogens (primary N) is 1. The van der Waals surface area contributed by atoms with Crippen molar-refractivity contribution in [3.05, 3.63) is 117 Å². The second-order valence-corrected chi connectivity index (χ2v) is 12.7. The van der Waals surface area contributed by atoms with Crippen LogP contribution in [0.25, 0.3) is 27.7 Å². The number of hydrogen-bond donors (Lipinski definition) is 2. The molecule has 0 bridgehead atoms. The quantitative estimate of drug-likeness (QED) is 0.267. The van der Waals surface area contributed by atoms with Crippen molar-refractivity contribution in [1.82, 2.24) is 19.9 Å². The first-order chi connectivity index (χ1) is 19.9. The Balaban J connectivity index is 1.55. The first kappa shape index (κ1) is 29.0. The predicted molar refractivity (Wildman–Crippen MR) is 166 cm³/mol. The van der Waals surface area contributed by atoms with Crippen LogP contribution in [0.1, 0.15) is 40.4 Å². The van der Waals surface area contributed by atoms with Crippen LogP contribution in [-0.4, -0.2) is 35.1 Å². The Morgan fingerprint density at radius 2 is 1.74 bits per heavy atom. The maximum absolute atomic E-state index is 13.7. The van der Waals surface area contributed by atoms with E-state index in [2.05, 4.69) is 15.3 Å². The minimum Gasteiger partial charge on any atom is -0.382 e. The summed E-state index contributed by atoms with van der Waals surface area (Å²) in [7, 11) is -3.26. The average Bonchev–Trinajstić information content (AvgIpc) is 2.92. The van der Waals surface area contributed by atoms with Gasteiger partial charge in [0.2, 0.25) is 0 Å². The third kappa shape index (κ3) is 5.90. The number of anilines is 1. The molecule has 214 valence electrons. The molecule has 5 rings (SSSR count). The normalized spacial score (nSPS) is 12.3. The summed E-state index contributed by atoms with van der Waals surface area (Å²) in [4.78, 5) is 36.2. The number of sulfone groups is 1. The molecule has 0 fully saturated rings. The maximum atomic E-state index is 13.7. The minimum atomic E-state index is -3.26. The van der Waals surface area contributed by atoms with Crippen molar-refractivity contribution in [3.8, 4) is 16.9 Å². The summed E-state index contributed by atoms with van der Waals surface area (Å²) in [6.45, 7) is 3.41. The first-order valence-electron chi connectivity index (χ1n) is 13.0. The Labute approximate surface area is 247 Å². The highest BCUT2D eigenvalue weighted by Gasteiger charge is 2.23. The zero-order chi connectivity index (χ0) is 30.2. The highest BCUT2D eigenvalue weighted by molar-refractivity contribution is 7.89. The third-order valence-electron chi connectivity index (χ3n) is 6.77. The topological polar surface area (TPSA) is 137 Å². The van der Waals surface area contributed by atoms with E-state index in [0.29, 0.717) is 44.0 Å². The summed E-state index contributed by atoms with van der Waals surface area (Å²) < 4.78 is 25.2. The number of para-hydroxylation sites is 1. The van der Waals surface area contributed by atoms with E-state index < -0.39 is 21.8 Å². The summed E-state index contributed by atoms with van der Waals surface area (Å²) in [6.07, 6.45) is 1.16. The van der Waals surface area contributed by atoms with Crippen LogP contribution in [0.2, 0.25) is 5.02 Å². The van der Waals surface area contributed by atoms with Crippen LogP contribution >= 0.6 is 11.6 Å². The average molecular weight is 602 g/mol. The van der Waals surface area contributed by atoms with Crippen LogP contribution < -0.4 is 16.6 Å². The number of fused-ring (bicyclic) bond motifs is 1. The molecule has 1 amide bonds. The number of aryl methyl sites for hydroxylation is 1. The molecule has 0 unspecified atom stereocenters. The number of carbonyl (C=O) groups is 1. The van der Waals surface area contributed by atoms with Gasteiger partial charge in [0.05, 0.1) is 27.9 Å². The van der Waals surface area contributed by atoms with E-state index in [0.717, 1.165) is 6.26 Å². The van der Waals surface area contributed by atoms with Gasteiger partial charge >= 0.3 is 0 Å². The molecule has 0 saturated heterocycles. The number of aromatic nitrogens is 3. The molecule has 11 heteroatoms. The van der Waals surface area contributed by atoms with E-state index in [-0.39, 0.29) is 28.5 Å². The minimum absolute atomic E-state index is 0.0528. The maximum Gasteiger partial charge on any atom is 0.272 e. The van der Waals surface area contributed by atoms with Gasteiger partial charge in [-0.25, -0.2) is 18.4 Å². The van der Waals surface area contributed by atoms with Gasteiger partial charge in [-0.1, -0.05) is 60.1 Å². The molecule has 2 aromatic heterocycles. The smallest absolute Gasteiger partial charge is 0.272 e. The summed E-state index contributed by atoms with van der Waals surface area (Å²) in [5.41, 5.74) is 8.78. The fraction of sp³-hybridized carbons (Fsp3) is 0.161. The van der Waals surface area contributed by atoms with Crippen LogP contribution in [0.4, 0.5) is 5.82 Å². The Morgan fingerprint density at radius 1 is 1.02 bits per heavy atom. The number of benzene rings is 3. The van der Waals surface area contributed by atoms with Crippen LogP contribution in [-0.2, 0) is 15.6 Å². The molecule has 3 aromatic carbocycles. The number of pyridine rings is 1. The lowest BCUT2D eigenvalue weighted by atomic mass is 10.1. The van der Waals surface area contributed by atoms with Gasteiger partial charge in [0, 0.05) is 23.2 Å². The lowest BCUT2D eigenvalue weighted by Crippen LogP contribution is -2.33. The van der Waals surface area contributed by atoms with Crippen LogP contribution in [0.3, 0.4) is 0 Å². The molecule has 1 atom stereocenters. The number of nitrogens with one attached hydrogen (secondary N) is 1. The SMILES string of the molecule is Cc1nc(N)c(-c2cccc(CS(C)(=O)=O)c2)nc1C(=O)N[C@@H](C)c1cc2cccc(Cl)c2c(=O)n1-c1ccccc1. The zero-order valence-electron chi connectivity index (χ0n) is 23.1. The fourth-order valence-electron chi connectivity index (χ4n) is 4.92. The number of carbonyl (C=O) groups excluding carboxylic acids is 1. The Morgan fingerprint density at radius 3 is 2.45 bits per heavy atom. The summed E-state index contributed by atoms with van der Waals surface area (Å²) in [5, 5.41) is 4.33. The number of nitrogen functional groups attached to an aromatic ring is 1. The number of nitrogens with zero attached hydrogens (tertiary/aromatic N) is 3. The van der Waals surface area contributed by atoms with Gasteiger partial charge < -0.3 is 11.1 Å². The zero-order valence-corrected chi connectivity index (χ0v) is 24.7. The van der Waals surface area contributed by atoms with Gasteiger partial charge in [-0.3, -0.25) is 14.2 Å².